The SMILES string of the molecule is CN(C)CCOc1ccccc1-c1nc(-c2ccc(CN)cc2)no1.Cl. The Labute approximate surface area is 159 Å². The molecule has 6 nitrogen and oxygen atoms in total. The Balaban J connectivity index is 0.00000243. The number of hydrogen-bond donors (Lipinski definition) is 1. The van der Waals surface area contributed by atoms with Crippen LogP contribution in [0.25, 0.3) is 22.8 Å². The maximum Gasteiger partial charge on any atom is 0.262 e. The van der Waals surface area contributed by atoms with Crippen LogP contribution in [0.2, 0.25) is 0 Å². The molecule has 3 rings (SSSR count). The molecule has 7 heteroatoms. The van der Waals surface area contributed by atoms with E-state index in [1.54, 1.807) is 0 Å². The van der Waals surface area contributed by atoms with Crippen LogP contribution in [-0.4, -0.2) is 42.3 Å². The number of rotatable bonds is 7. The number of para-hydroxylation sites is 1. The van der Waals surface area contributed by atoms with Crippen LogP contribution in [0, 0.1) is 0 Å². The molecule has 3 aromatic rings. The van der Waals surface area contributed by atoms with Crippen LogP contribution in [0.1, 0.15) is 5.56 Å². The maximum atomic E-state index is 5.86. The molecule has 0 amide bonds. The minimum atomic E-state index is 0. The number of hydrogen-bond acceptors (Lipinski definition) is 6. The van der Waals surface area contributed by atoms with Crippen molar-refractivity contribution in [3.05, 3.63) is 54.1 Å². The van der Waals surface area contributed by atoms with Crippen LogP contribution in [0.4, 0.5) is 0 Å². The molecule has 0 saturated carbocycles. The molecule has 2 N–H and O–H groups in total. The quantitative estimate of drug-likeness (QED) is 0.684. The summed E-state index contributed by atoms with van der Waals surface area (Å²) in [6, 6.07) is 15.5. The molecule has 1 heterocycles. The summed E-state index contributed by atoms with van der Waals surface area (Å²) in [5.41, 5.74) is 8.37. The molecule has 0 spiro atoms. The van der Waals surface area contributed by atoms with E-state index < -0.39 is 0 Å². The maximum absolute atomic E-state index is 5.86. The number of nitrogens with two attached hydrogens (primary N) is 1. The molecule has 138 valence electrons. The van der Waals surface area contributed by atoms with Gasteiger partial charge in [0.05, 0.1) is 5.56 Å². The van der Waals surface area contributed by atoms with Gasteiger partial charge in [0, 0.05) is 18.7 Å². The smallest absolute Gasteiger partial charge is 0.262 e. The van der Waals surface area contributed by atoms with Crippen LogP contribution in [0.5, 0.6) is 5.75 Å². The summed E-state index contributed by atoms with van der Waals surface area (Å²) in [5.74, 6) is 1.72. The third kappa shape index (κ3) is 4.82. The van der Waals surface area contributed by atoms with Gasteiger partial charge in [0.1, 0.15) is 12.4 Å². The first-order valence-electron chi connectivity index (χ1n) is 8.17. The predicted octanol–water partition coefficient (Wildman–Crippen LogP) is 3.22. The van der Waals surface area contributed by atoms with E-state index in [-0.39, 0.29) is 12.4 Å². The first-order valence-corrected chi connectivity index (χ1v) is 8.17. The van der Waals surface area contributed by atoms with Crippen LogP contribution in [-0.2, 0) is 6.54 Å². The highest BCUT2D eigenvalue weighted by Crippen LogP contribution is 2.30. The first kappa shape index (κ1) is 19.9. The van der Waals surface area contributed by atoms with Gasteiger partial charge in [-0.2, -0.15) is 4.98 Å². The number of benzene rings is 2. The average molecular weight is 375 g/mol. The number of likely N-dealkylation sites (N-methyl/N-ethyl adjacent to an activating group) is 1. The number of halogens is 1. The first-order chi connectivity index (χ1) is 12.2. The van der Waals surface area contributed by atoms with Crippen molar-refractivity contribution in [2.24, 2.45) is 5.73 Å². The van der Waals surface area contributed by atoms with Gasteiger partial charge in [-0.15, -0.1) is 12.4 Å². The Bertz CT molecular complexity index is 818. The van der Waals surface area contributed by atoms with Crippen molar-refractivity contribution < 1.29 is 9.26 Å². The molecule has 0 radical (unpaired) electrons. The van der Waals surface area contributed by atoms with E-state index in [2.05, 4.69) is 15.0 Å². The monoisotopic (exact) mass is 374 g/mol. The van der Waals surface area contributed by atoms with Gasteiger partial charge in [-0.05, 0) is 31.8 Å². The van der Waals surface area contributed by atoms with Gasteiger partial charge in [-0.3, -0.25) is 0 Å². The lowest BCUT2D eigenvalue weighted by Gasteiger charge is -2.12. The lowest BCUT2D eigenvalue weighted by molar-refractivity contribution is 0.261. The van der Waals surface area contributed by atoms with Gasteiger partial charge in [0.15, 0.2) is 0 Å². The second-order valence-electron chi connectivity index (χ2n) is 5.97. The van der Waals surface area contributed by atoms with E-state index in [0.29, 0.717) is 24.9 Å². The summed E-state index contributed by atoms with van der Waals surface area (Å²) in [6.45, 7) is 1.93. The number of aromatic nitrogens is 2. The molecule has 0 saturated heterocycles. The Morgan fingerprint density at radius 2 is 1.81 bits per heavy atom. The predicted molar refractivity (Wildman–Crippen MR) is 104 cm³/mol. The number of nitrogens with zero attached hydrogens (tertiary/aromatic N) is 3. The highest BCUT2D eigenvalue weighted by molar-refractivity contribution is 5.85. The van der Waals surface area contributed by atoms with Crippen molar-refractivity contribution in [3.8, 4) is 28.6 Å². The summed E-state index contributed by atoms with van der Waals surface area (Å²) in [5, 5.41) is 4.09. The van der Waals surface area contributed by atoms with Crippen molar-refractivity contribution in [2.75, 3.05) is 27.2 Å². The van der Waals surface area contributed by atoms with Gasteiger partial charge >= 0.3 is 0 Å². The van der Waals surface area contributed by atoms with E-state index in [1.807, 2.05) is 62.6 Å². The molecule has 26 heavy (non-hydrogen) atoms. The van der Waals surface area contributed by atoms with Gasteiger partial charge in [-0.25, -0.2) is 0 Å². The van der Waals surface area contributed by atoms with E-state index in [4.69, 9.17) is 15.0 Å². The summed E-state index contributed by atoms with van der Waals surface area (Å²) in [4.78, 5) is 6.58. The zero-order valence-electron chi connectivity index (χ0n) is 14.9. The van der Waals surface area contributed by atoms with E-state index in [1.165, 1.54) is 0 Å². The Hall–Kier alpha value is -2.41. The van der Waals surface area contributed by atoms with Crippen LogP contribution < -0.4 is 10.5 Å². The second kappa shape index (κ2) is 9.33. The molecule has 0 aliphatic carbocycles. The lowest BCUT2D eigenvalue weighted by atomic mass is 10.1. The van der Waals surface area contributed by atoms with Crippen LogP contribution >= 0.6 is 12.4 Å². The molecule has 0 fully saturated rings. The molecular formula is C19H23ClN4O2. The van der Waals surface area contributed by atoms with Gasteiger partial charge in [0.25, 0.3) is 5.89 Å². The summed E-state index contributed by atoms with van der Waals surface area (Å²) in [7, 11) is 4.02. The topological polar surface area (TPSA) is 77.4 Å². The summed E-state index contributed by atoms with van der Waals surface area (Å²) >= 11 is 0. The fourth-order valence-electron chi connectivity index (χ4n) is 2.35. The highest BCUT2D eigenvalue weighted by atomic mass is 35.5. The Kier molecular flexibility index (Phi) is 7.15. The third-order valence-corrected chi connectivity index (χ3v) is 3.79. The average Bonchev–Trinajstić information content (AvgIpc) is 3.12. The van der Waals surface area contributed by atoms with Crippen LogP contribution in [0.3, 0.4) is 0 Å². The molecule has 0 atom stereocenters. The minimum absolute atomic E-state index is 0. The Morgan fingerprint density at radius 3 is 2.50 bits per heavy atom. The normalized spacial score (nSPS) is 10.6. The number of ether oxygens (including phenoxy) is 1. The van der Waals surface area contributed by atoms with Gasteiger partial charge in [-0.1, -0.05) is 41.6 Å². The highest BCUT2D eigenvalue weighted by Gasteiger charge is 2.14. The Morgan fingerprint density at radius 1 is 1.08 bits per heavy atom. The van der Waals surface area contributed by atoms with E-state index in [9.17, 15) is 0 Å². The molecule has 0 unspecified atom stereocenters. The zero-order chi connectivity index (χ0) is 17.6. The molecule has 2 aromatic carbocycles. The lowest BCUT2D eigenvalue weighted by Crippen LogP contribution is -2.19. The zero-order valence-corrected chi connectivity index (χ0v) is 15.7. The van der Waals surface area contributed by atoms with Crippen molar-refractivity contribution in [3.63, 3.8) is 0 Å². The van der Waals surface area contributed by atoms with Gasteiger partial charge in [0.2, 0.25) is 5.82 Å². The van der Waals surface area contributed by atoms with Crippen molar-refractivity contribution in [1.29, 1.82) is 0 Å². The molecule has 0 bridgehead atoms. The third-order valence-electron chi connectivity index (χ3n) is 3.79. The van der Waals surface area contributed by atoms with E-state index >= 15 is 0 Å². The van der Waals surface area contributed by atoms with Crippen molar-refractivity contribution in [1.82, 2.24) is 15.0 Å². The summed E-state index contributed by atoms with van der Waals surface area (Å²) in [6.07, 6.45) is 0. The van der Waals surface area contributed by atoms with Crippen LogP contribution in [0.15, 0.2) is 53.1 Å². The van der Waals surface area contributed by atoms with E-state index in [0.717, 1.165) is 29.0 Å². The molecule has 0 aliphatic rings. The second-order valence-corrected chi connectivity index (χ2v) is 5.97. The molecule has 1 aromatic heterocycles. The van der Waals surface area contributed by atoms with Gasteiger partial charge < -0.3 is 19.9 Å². The standard InChI is InChI=1S/C19H22N4O2.ClH/c1-23(2)11-12-24-17-6-4-3-5-16(17)19-21-18(22-25-19)15-9-7-14(13-20)8-10-15;/h3-10H,11-13,20H2,1-2H3;1H. The van der Waals surface area contributed by atoms with Crippen molar-refractivity contribution >= 4 is 12.4 Å². The molecule has 0 aliphatic heterocycles. The fourth-order valence-corrected chi connectivity index (χ4v) is 2.35. The summed E-state index contributed by atoms with van der Waals surface area (Å²) < 4.78 is 11.3. The molecular weight excluding hydrogens is 352 g/mol. The largest absolute Gasteiger partial charge is 0.491 e. The fraction of sp³-hybridized carbons (Fsp3) is 0.263. The van der Waals surface area contributed by atoms with Crippen molar-refractivity contribution in [2.45, 2.75) is 6.54 Å². The minimum Gasteiger partial charge on any atom is -0.491 e.